The Balaban J connectivity index is 2.15. The Kier molecular flexibility index (Phi) is 6.66. The van der Waals surface area contributed by atoms with E-state index in [1.807, 2.05) is 0 Å². The number of carbonyl (C=O) groups excluding carboxylic acids is 1. The van der Waals surface area contributed by atoms with Crippen molar-refractivity contribution in [2.24, 2.45) is 0 Å². The minimum Gasteiger partial charge on any atom is -0.497 e. The normalized spacial score (nSPS) is 11.4. The number of sulfone groups is 1. The maximum Gasteiger partial charge on any atom is 0.306 e. The molecule has 0 aliphatic heterocycles. The summed E-state index contributed by atoms with van der Waals surface area (Å²) in [4.78, 5) is 16.5. The minimum absolute atomic E-state index is 0.0652. The van der Waals surface area contributed by atoms with Crippen LogP contribution in [0.25, 0.3) is 10.9 Å². The number of halogens is 1. The Bertz CT molecular complexity index is 1150. The highest BCUT2D eigenvalue weighted by atomic mass is 35.5. The van der Waals surface area contributed by atoms with E-state index in [1.54, 1.807) is 18.2 Å². The third-order valence-electron chi connectivity index (χ3n) is 4.19. The lowest BCUT2D eigenvalue weighted by Crippen LogP contribution is -2.06. The van der Waals surface area contributed by atoms with Crippen molar-refractivity contribution >= 4 is 50.1 Å². The van der Waals surface area contributed by atoms with Crippen LogP contribution in [0.2, 0.25) is 5.02 Å². The van der Waals surface area contributed by atoms with Crippen LogP contribution >= 0.6 is 23.4 Å². The van der Waals surface area contributed by atoms with Gasteiger partial charge in [0.1, 0.15) is 10.6 Å². The first-order valence-electron chi connectivity index (χ1n) is 8.54. The maximum absolute atomic E-state index is 13.3. The number of thioether (sulfide) groups is 1. The fraction of sp³-hybridized carbons (Fsp3) is 0.200. The Morgan fingerprint density at radius 3 is 2.52 bits per heavy atom. The van der Waals surface area contributed by atoms with Gasteiger partial charge >= 0.3 is 5.97 Å². The Labute approximate surface area is 178 Å². The average molecular weight is 452 g/mol. The molecule has 1 heterocycles. The van der Waals surface area contributed by atoms with Crippen molar-refractivity contribution in [3.05, 3.63) is 53.7 Å². The molecule has 1 aromatic heterocycles. The summed E-state index contributed by atoms with van der Waals surface area (Å²) in [6, 6.07) is 11.2. The topological polar surface area (TPSA) is 82.6 Å². The van der Waals surface area contributed by atoms with Gasteiger partial charge in [-0.15, -0.1) is 11.8 Å². The molecular weight excluding hydrogens is 434 g/mol. The lowest BCUT2D eigenvalue weighted by Gasteiger charge is -2.14. The highest BCUT2D eigenvalue weighted by Gasteiger charge is 2.24. The number of rotatable bonds is 7. The lowest BCUT2D eigenvalue weighted by atomic mass is 10.2. The number of benzene rings is 2. The van der Waals surface area contributed by atoms with Gasteiger partial charge in [-0.1, -0.05) is 11.6 Å². The molecule has 0 fully saturated rings. The monoisotopic (exact) mass is 451 g/mol. The summed E-state index contributed by atoms with van der Waals surface area (Å²) >= 11 is 7.16. The fourth-order valence-corrected chi connectivity index (χ4v) is 5.59. The predicted molar refractivity (Wildman–Crippen MR) is 113 cm³/mol. The van der Waals surface area contributed by atoms with E-state index in [9.17, 15) is 13.2 Å². The van der Waals surface area contributed by atoms with Crippen molar-refractivity contribution in [2.45, 2.75) is 21.1 Å². The van der Waals surface area contributed by atoms with Crippen molar-refractivity contribution in [1.82, 2.24) is 4.98 Å². The standard InChI is InChI=1S/C20H18ClNO5S2/c1-26-14-5-8-17-16(11-14)20(28-10-9-19(23)27-2)18(12-22-17)29(24,25)15-6-3-13(21)4-7-15/h3-8,11-12H,9-10H2,1-2H3. The molecule has 0 amide bonds. The van der Waals surface area contributed by atoms with E-state index in [0.717, 1.165) is 0 Å². The lowest BCUT2D eigenvalue weighted by molar-refractivity contribution is -0.140. The summed E-state index contributed by atoms with van der Waals surface area (Å²) in [5.41, 5.74) is 0.626. The van der Waals surface area contributed by atoms with E-state index >= 15 is 0 Å². The summed E-state index contributed by atoms with van der Waals surface area (Å²) in [5, 5.41) is 1.08. The van der Waals surface area contributed by atoms with Gasteiger partial charge in [0.05, 0.1) is 31.1 Å². The van der Waals surface area contributed by atoms with Gasteiger partial charge in [0.2, 0.25) is 9.84 Å². The molecule has 0 N–H and O–H groups in total. The molecule has 29 heavy (non-hydrogen) atoms. The first-order valence-corrected chi connectivity index (χ1v) is 11.4. The van der Waals surface area contributed by atoms with E-state index < -0.39 is 9.84 Å². The zero-order valence-corrected chi connectivity index (χ0v) is 18.1. The largest absolute Gasteiger partial charge is 0.497 e. The van der Waals surface area contributed by atoms with Gasteiger partial charge in [-0.2, -0.15) is 0 Å². The van der Waals surface area contributed by atoms with Gasteiger partial charge in [-0.3, -0.25) is 9.78 Å². The van der Waals surface area contributed by atoms with Gasteiger partial charge in [0.25, 0.3) is 0 Å². The first kappa shape index (κ1) is 21.4. The first-order chi connectivity index (χ1) is 13.9. The number of nitrogens with zero attached hydrogens (tertiary/aromatic N) is 1. The third-order valence-corrected chi connectivity index (χ3v) is 7.49. The van der Waals surface area contributed by atoms with Crippen LogP contribution in [-0.4, -0.2) is 39.3 Å². The molecule has 0 unspecified atom stereocenters. The number of methoxy groups -OCH3 is 2. The van der Waals surface area contributed by atoms with Gasteiger partial charge < -0.3 is 9.47 Å². The summed E-state index contributed by atoms with van der Waals surface area (Å²) in [6.07, 6.45) is 1.49. The Hall–Kier alpha value is -2.29. The van der Waals surface area contributed by atoms with Crippen molar-refractivity contribution in [3.63, 3.8) is 0 Å². The Morgan fingerprint density at radius 1 is 1.14 bits per heavy atom. The highest BCUT2D eigenvalue weighted by molar-refractivity contribution is 8.00. The van der Waals surface area contributed by atoms with Crippen molar-refractivity contribution < 1.29 is 22.7 Å². The van der Waals surface area contributed by atoms with E-state index in [2.05, 4.69) is 9.72 Å². The van der Waals surface area contributed by atoms with Gasteiger partial charge in [-0.25, -0.2) is 8.42 Å². The SMILES string of the molecule is COC(=O)CCSc1c(S(=O)(=O)c2ccc(Cl)cc2)cnc2ccc(OC)cc12. The number of pyridine rings is 1. The molecule has 0 radical (unpaired) electrons. The number of fused-ring (bicyclic) bond motifs is 1. The third kappa shape index (κ3) is 4.66. The van der Waals surface area contributed by atoms with Crippen molar-refractivity contribution in [2.75, 3.05) is 20.0 Å². The van der Waals surface area contributed by atoms with Gasteiger partial charge in [0, 0.05) is 27.3 Å². The van der Waals surface area contributed by atoms with E-state index in [1.165, 1.54) is 56.4 Å². The second-order valence-corrected chi connectivity index (χ2v) is 9.43. The van der Waals surface area contributed by atoms with Crippen LogP contribution in [-0.2, 0) is 19.4 Å². The molecule has 0 atom stereocenters. The predicted octanol–water partition coefficient (Wildman–Crippen LogP) is 4.38. The van der Waals surface area contributed by atoms with E-state index in [4.69, 9.17) is 16.3 Å². The molecule has 2 aromatic carbocycles. The van der Waals surface area contributed by atoms with E-state index in [-0.39, 0.29) is 22.2 Å². The summed E-state index contributed by atoms with van der Waals surface area (Å²) in [5.74, 6) is 0.567. The minimum atomic E-state index is -3.85. The van der Waals surface area contributed by atoms with Gasteiger partial charge in [-0.05, 0) is 42.5 Å². The molecule has 0 saturated carbocycles. The number of hydrogen-bond acceptors (Lipinski definition) is 7. The fourth-order valence-electron chi connectivity index (χ4n) is 2.68. The van der Waals surface area contributed by atoms with Crippen LogP contribution in [0.4, 0.5) is 0 Å². The van der Waals surface area contributed by atoms with Crippen molar-refractivity contribution in [3.8, 4) is 5.75 Å². The van der Waals surface area contributed by atoms with Crippen LogP contribution in [0.5, 0.6) is 5.75 Å². The molecule has 0 saturated heterocycles. The maximum atomic E-state index is 13.3. The molecule has 0 bridgehead atoms. The van der Waals surface area contributed by atoms with Crippen LogP contribution < -0.4 is 4.74 Å². The molecular formula is C20H18ClNO5S2. The van der Waals surface area contributed by atoms with Crippen molar-refractivity contribution in [1.29, 1.82) is 0 Å². The second-order valence-electron chi connectivity index (χ2n) is 5.97. The molecule has 0 aliphatic carbocycles. The zero-order valence-electron chi connectivity index (χ0n) is 15.7. The number of ether oxygens (including phenoxy) is 2. The quantitative estimate of drug-likeness (QED) is 0.389. The molecule has 0 aliphatic rings. The average Bonchev–Trinajstić information content (AvgIpc) is 2.73. The number of carbonyl (C=O) groups is 1. The smallest absolute Gasteiger partial charge is 0.306 e. The van der Waals surface area contributed by atoms with E-state index in [0.29, 0.717) is 32.3 Å². The molecule has 6 nitrogen and oxygen atoms in total. The molecule has 9 heteroatoms. The molecule has 0 spiro atoms. The summed E-state index contributed by atoms with van der Waals surface area (Å²) < 4.78 is 36.6. The van der Waals surface area contributed by atoms with Gasteiger partial charge in [0.15, 0.2) is 0 Å². The van der Waals surface area contributed by atoms with Crippen LogP contribution in [0, 0.1) is 0 Å². The summed E-state index contributed by atoms with van der Waals surface area (Å²) in [7, 11) is -1.00. The molecule has 3 rings (SSSR count). The second kappa shape index (κ2) is 9.02. The number of aromatic nitrogens is 1. The number of hydrogen-bond donors (Lipinski definition) is 0. The van der Waals surface area contributed by atoms with Crippen LogP contribution in [0.3, 0.4) is 0 Å². The zero-order chi connectivity index (χ0) is 21.0. The van der Waals surface area contributed by atoms with Crippen LogP contribution in [0.1, 0.15) is 6.42 Å². The Morgan fingerprint density at radius 2 is 1.86 bits per heavy atom. The molecule has 152 valence electrons. The number of esters is 1. The molecule has 3 aromatic rings. The summed E-state index contributed by atoms with van der Waals surface area (Å²) in [6.45, 7) is 0. The van der Waals surface area contributed by atoms with Crippen LogP contribution in [0.15, 0.2) is 63.3 Å². The highest BCUT2D eigenvalue weighted by Crippen LogP contribution is 2.37.